The Balaban J connectivity index is 1.46. The number of methoxy groups -OCH3 is 1. The third kappa shape index (κ3) is 3.87. The molecule has 0 radical (unpaired) electrons. The Morgan fingerprint density at radius 2 is 2.00 bits per heavy atom. The van der Waals surface area contributed by atoms with Gasteiger partial charge >= 0.3 is 0 Å². The average Bonchev–Trinajstić information content (AvgIpc) is 3.16. The summed E-state index contributed by atoms with van der Waals surface area (Å²) < 4.78 is 6.79. The Hall–Kier alpha value is -3.00. The molecule has 1 atom stereocenters. The lowest BCUT2D eigenvalue weighted by atomic mass is 9.87. The van der Waals surface area contributed by atoms with Crippen LogP contribution in [0.4, 0.5) is 0 Å². The number of carbonyl (C=O) groups excluding carboxylic acids is 1. The van der Waals surface area contributed by atoms with Crippen LogP contribution < -0.4 is 10.6 Å². The molecule has 2 aromatic carbocycles. The van der Waals surface area contributed by atoms with Gasteiger partial charge in [0.2, 0.25) is 11.1 Å². The van der Waals surface area contributed by atoms with Gasteiger partial charge in [-0.2, -0.15) is 0 Å². The summed E-state index contributed by atoms with van der Waals surface area (Å²) in [5, 5.41) is 8.86. The number of fused-ring (bicyclic) bond motifs is 1. The first-order valence-electron chi connectivity index (χ1n) is 9.90. The fourth-order valence-electron chi connectivity index (χ4n) is 3.92. The smallest absolute Gasteiger partial charge is 0.233 e. The van der Waals surface area contributed by atoms with Crippen LogP contribution >= 0.6 is 11.8 Å². The van der Waals surface area contributed by atoms with E-state index in [0.717, 1.165) is 24.8 Å². The monoisotopic (exact) mass is 423 g/mol. The van der Waals surface area contributed by atoms with Crippen molar-refractivity contribution in [3.8, 4) is 17.1 Å². The van der Waals surface area contributed by atoms with Gasteiger partial charge in [0.25, 0.3) is 0 Å². The quantitative estimate of drug-likeness (QED) is 0.484. The molecule has 1 amide bonds. The van der Waals surface area contributed by atoms with Crippen LogP contribution in [0.1, 0.15) is 30.0 Å². The van der Waals surface area contributed by atoms with Crippen molar-refractivity contribution in [3.05, 3.63) is 59.7 Å². The van der Waals surface area contributed by atoms with Crippen molar-refractivity contribution in [1.82, 2.24) is 19.8 Å². The second-order valence-electron chi connectivity index (χ2n) is 7.28. The van der Waals surface area contributed by atoms with Crippen LogP contribution in [0.25, 0.3) is 11.4 Å². The van der Waals surface area contributed by atoms with Crippen molar-refractivity contribution < 1.29 is 9.53 Å². The predicted molar refractivity (Wildman–Crippen MR) is 118 cm³/mol. The lowest BCUT2D eigenvalue weighted by molar-refractivity contribution is -0.129. The first-order valence-corrected chi connectivity index (χ1v) is 10.9. The van der Waals surface area contributed by atoms with E-state index in [-0.39, 0.29) is 17.7 Å². The van der Waals surface area contributed by atoms with E-state index in [4.69, 9.17) is 10.6 Å². The molecule has 0 spiro atoms. The van der Waals surface area contributed by atoms with E-state index < -0.39 is 0 Å². The van der Waals surface area contributed by atoms with Gasteiger partial charge in [-0.05, 0) is 42.5 Å². The van der Waals surface area contributed by atoms with Crippen molar-refractivity contribution in [2.75, 3.05) is 25.8 Å². The van der Waals surface area contributed by atoms with Crippen molar-refractivity contribution in [2.45, 2.75) is 30.5 Å². The van der Waals surface area contributed by atoms with Crippen molar-refractivity contribution in [2.24, 2.45) is 0 Å². The van der Waals surface area contributed by atoms with Crippen LogP contribution in [-0.2, 0) is 11.2 Å². The highest BCUT2D eigenvalue weighted by Crippen LogP contribution is 2.34. The second kappa shape index (κ2) is 8.79. The molecule has 2 N–H and O–H groups in total. The molecule has 0 fully saturated rings. The number of carbonyl (C=O) groups is 1. The number of amides is 1. The molecule has 0 saturated heterocycles. The standard InChI is InChI=1S/C22H25N5O2S/c1-26(18-12-7-9-15-8-3-4-10-16(15)18)20(28)14-30-22-25-24-21(27(22)23)17-11-5-6-13-19(17)29-2/h3-6,8,10-11,13,18H,7,9,12,14,23H2,1-2H3. The van der Waals surface area contributed by atoms with Gasteiger partial charge in [0.1, 0.15) is 5.75 Å². The molecule has 156 valence electrons. The first kappa shape index (κ1) is 20.3. The number of thioether (sulfide) groups is 1. The van der Waals surface area contributed by atoms with Gasteiger partial charge in [-0.3, -0.25) is 4.79 Å². The van der Waals surface area contributed by atoms with Gasteiger partial charge in [-0.25, -0.2) is 4.68 Å². The summed E-state index contributed by atoms with van der Waals surface area (Å²) in [4.78, 5) is 14.8. The number of nitrogens with two attached hydrogens (primary N) is 1. The molecule has 7 nitrogen and oxygen atoms in total. The lowest BCUT2D eigenvalue weighted by Crippen LogP contribution is -2.34. The summed E-state index contributed by atoms with van der Waals surface area (Å²) in [7, 11) is 3.48. The van der Waals surface area contributed by atoms with Crippen LogP contribution in [0.15, 0.2) is 53.7 Å². The molecular formula is C22H25N5O2S. The average molecular weight is 424 g/mol. The minimum absolute atomic E-state index is 0.0449. The zero-order valence-electron chi connectivity index (χ0n) is 17.1. The molecule has 30 heavy (non-hydrogen) atoms. The maximum Gasteiger partial charge on any atom is 0.233 e. The third-order valence-corrected chi connectivity index (χ3v) is 6.46. The Morgan fingerprint density at radius 3 is 2.83 bits per heavy atom. The van der Waals surface area contributed by atoms with Crippen LogP contribution in [0, 0.1) is 0 Å². The number of aryl methyl sites for hydroxylation is 1. The highest BCUT2D eigenvalue weighted by molar-refractivity contribution is 7.99. The zero-order valence-corrected chi connectivity index (χ0v) is 17.9. The van der Waals surface area contributed by atoms with Crippen LogP contribution in [0.2, 0.25) is 0 Å². The van der Waals surface area contributed by atoms with Gasteiger partial charge in [0.05, 0.1) is 24.5 Å². The fraction of sp³-hybridized carbons (Fsp3) is 0.318. The molecule has 8 heteroatoms. The summed E-state index contributed by atoms with van der Waals surface area (Å²) in [6.07, 6.45) is 3.15. The summed E-state index contributed by atoms with van der Waals surface area (Å²) >= 11 is 1.29. The number of rotatable bonds is 6. The zero-order chi connectivity index (χ0) is 21.1. The van der Waals surface area contributed by atoms with E-state index in [9.17, 15) is 4.79 Å². The van der Waals surface area contributed by atoms with Crippen LogP contribution in [0.5, 0.6) is 5.75 Å². The van der Waals surface area contributed by atoms with E-state index in [0.29, 0.717) is 16.7 Å². The Kier molecular flexibility index (Phi) is 5.94. The number of hydrogen-bond acceptors (Lipinski definition) is 6. The number of para-hydroxylation sites is 1. The molecule has 1 unspecified atom stereocenters. The molecule has 0 aliphatic heterocycles. The van der Waals surface area contributed by atoms with Gasteiger partial charge in [-0.1, -0.05) is 48.2 Å². The molecule has 0 bridgehead atoms. The lowest BCUT2D eigenvalue weighted by Gasteiger charge is -2.33. The maximum absolute atomic E-state index is 12.9. The second-order valence-corrected chi connectivity index (χ2v) is 8.22. The third-order valence-electron chi connectivity index (χ3n) is 5.54. The normalized spacial score (nSPS) is 15.5. The molecule has 3 aromatic rings. The number of benzene rings is 2. The Bertz CT molecular complexity index is 1050. The van der Waals surface area contributed by atoms with E-state index in [1.54, 1.807) is 7.11 Å². The number of aromatic nitrogens is 3. The topological polar surface area (TPSA) is 86.3 Å². The number of ether oxygens (including phenoxy) is 1. The van der Waals surface area contributed by atoms with Crippen LogP contribution in [0.3, 0.4) is 0 Å². The van der Waals surface area contributed by atoms with Crippen molar-refractivity contribution in [1.29, 1.82) is 0 Å². The predicted octanol–water partition coefficient (Wildman–Crippen LogP) is 3.30. The number of hydrogen-bond donors (Lipinski definition) is 1. The summed E-state index contributed by atoms with van der Waals surface area (Å²) in [6.45, 7) is 0. The Morgan fingerprint density at radius 1 is 1.23 bits per heavy atom. The largest absolute Gasteiger partial charge is 0.496 e. The van der Waals surface area contributed by atoms with Crippen LogP contribution in [-0.4, -0.2) is 45.6 Å². The molecule has 1 aliphatic rings. The van der Waals surface area contributed by atoms with Gasteiger partial charge in [-0.15, -0.1) is 10.2 Å². The van der Waals surface area contributed by atoms with E-state index in [2.05, 4.69) is 28.4 Å². The van der Waals surface area contributed by atoms with Crippen molar-refractivity contribution in [3.63, 3.8) is 0 Å². The van der Waals surface area contributed by atoms with Gasteiger partial charge in [0.15, 0.2) is 5.82 Å². The molecule has 1 aliphatic carbocycles. The Labute approximate surface area is 180 Å². The maximum atomic E-state index is 12.9. The molecule has 0 saturated carbocycles. The van der Waals surface area contributed by atoms with E-state index >= 15 is 0 Å². The first-order chi connectivity index (χ1) is 14.6. The van der Waals surface area contributed by atoms with E-state index in [1.165, 1.54) is 27.6 Å². The SMILES string of the molecule is COc1ccccc1-c1nnc(SCC(=O)N(C)C2CCCc3ccccc32)n1N. The highest BCUT2D eigenvalue weighted by Gasteiger charge is 2.27. The number of nitrogen functional groups attached to an aromatic ring is 1. The minimum Gasteiger partial charge on any atom is -0.496 e. The molecule has 1 aromatic heterocycles. The van der Waals surface area contributed by atoms with Gasteiger partial charge in [0, 0.05) is 7.05 Å². The molecular weight excluding hydrogens is 398 g/mol. The fourth-order valence-corrected chi connectivity index (χ4v) is 4.70. The van der Waals surface area contributed by atoms with Gasteiger partial charge < -0.3 is 15.5 Å². The summed E-state index contributed by atoms with van der Waals surface area (Å²) in [5.41, 5.74) is 3.35. The molecule has 1 heterocycles. The summed E-state index contributed by atoms with van der Waals surface area (Å²) in [5.74, 6) is 7.67. The minimum atomic E-state index is 0.0449. The highest BCUT2D eigenvalue weighted by atomic mass is 32.2. The summed E-state index contributed by atoms with van der Waals surface area (Å²) in [6, 6.07) is 16.0. The van der Waals surface area contributed by atoms with Crippen molar-refractivity contribution >= 4 is 17.7 Å². The van der Waals surface area contributed by atoms with E-state index in [1.807, 2.05) is 42.3 Å². The number of nitrogens with zero attached hydrogens (tertiary/aromatic N) is 4. The molecule has 4 rings (SSSR count).